The summed E-state index contributed by atoms with van der Waals surface area (Å²) in [5.74, 6) is -2.50. The summed E-state index contributed by atoms with van der Waals surface area (Å²) in [7, 11) is 1.48. The maximum atomic E-state index is 15.3. The first kappa shape index (κ1) is 39.5. The second-order valence-electron chi connectivity index (χ2n) is 11.9. The Balaban J connectivity index is 0.00000605. The van der Waals surface area contributed by atoms with Gasteiger partial charge in [0.25, 0.3) is 6.33 Å². The first-order valence-corrected chi connectivity index (χ1v) is 16.9. The van der Waals surface area contributed by atoms with Crippen molar-refractivity contribution in [1.29, 1.82) is 5.26 Å². The first-order chi connectivity index (χ1) is 24.4. The Morgan fingerprint density at radius 1 is 1.17 bits per heavy atom. The van der Waals surface area contributed by atoms with Gasteiger partial charge in [-0.1, -0.05) is 32.0 Å². The summed E-state index contributed by atoms with van der Waals surface area (Å²) in [5.41, 5.74) is 0.0424. The predicted molar refractivity (Wildman–Crippen MR) is 182 cm³/mol. The van der Waals surface area contributed by atoms with E-state index in [9.17, 15) is 19.1 Å². The number of pyridine rings is 1. The molecule has 3 atom stereocenters. The minimum absolute atomic E-state index is 0. The van der Waals surface area contributed by atoms with Crippen molar-refractivity contribution in [3.05, 3.63) is 112 Å². The summed E-state index contributed by atoms with van der Waals surface area (Å²) < 4.78 is 43.6. The van der Waals surface area contributed by atoms with Crippen molar-refractivity contribution in [3.63, 3.8) is 0 Å². The van der Waals surface area contributed by atoms with Crippen molar-refractivity contribution in [2.24, 2.45) is 0 Å². The molecule has 0 bridgehead atoms. The molecule has 0 aliphatic heterocycles. The Morgan fingerprint density at radius 2 is 1.92 bits per heavy atom. The summed E-state index contributed by atoms with van der Waals surface area (Å²) in [6, 6.07) is 15.2. The molecule has 0 radical (unpaired) electrons. The van der Waals surface area contributed by atoms with Crippen LogP contribution in [0.25, 0.3) is 11.3 Å². The Labute approximate surface area is 309 Å². The topological polar surface area (TPSA) is 147 Å². The van der Waals surface area contributed by atoms with Crippen LogP contribution in [0.3, 0.4) is 0 Å². The number of ether oxygens (including phenoxy) is 2. The molecule has 2 aromatic carbocycles. The molecular formula is C36H36ClF2N7O5S. The van der Waals surface area contributed by atoms with Gasteiger partial charge >= 0.3 is 12.1 Å². The normalized spacial score (nSPS) is 13.2. The lowest BCUT2D eigenvalue weighted by Crippen LogP contribution is -3.00. The third-order valence-electron chi connectivity index (χ3n) is 8.31. The molecule has 1 N–H and O–H groups in total. The number of hydrogen-bond acceptors (Lipinski definition) is 10. The van der Waals surface area contributed by atoms with Crippen LogP contribution in [0, 0.1) is 23.0 Å². The molecule has 272 valence electrons. The van der Waals surface area contributed by atoms with Gasteiger partial charge in [0.05, 0.1) is 22.3 Å². The van der Waals surface area contributed by atoms with Gasteiger partial charge < -0.3 is 27.0 Å². The number of benzene rings is 2. The third kappa shape index (κ3) is 8.94. The van der Waals surface area contributed by atoms with E-state index < -0.39 is 35.5 Å². The molecule has 12 nitrogen and oxygen atoms in total. The molecule has 5 rings (SSSR count). The highest BCUT2D eigenvalue weighted by Crippen LogP contribution is 2.41. The lowest BCUT2D eigenvalue weighted by molar-refractivity contribution is -0.753. The van der Waals surface area contributed by atoms with Gasteiger partial charge in [0.2, 0.25) is 12.6 Å². The highest BCUT2D eigenvalue weighted by molar-refractivity contribution is 7.10. The quantitative estimate of drug-likeness (QED) is 0.142. The van der Waals surface area contributed by atoms with E-state index >= 15 is 4.39 Å². The van der Waals surface area contributed by atoms with Crippen molar-refractivity contribution in [2.75, 3.05) is 11.9 Å². The molecule has 3 heterocycles. The summed E-state index contributed by atoms with van der Waals surface area (Å²) in [6.45, 7) is 4.75. The first-order valence-electron chi connectivity index (χ1n) is 16.0. The molecule has 0 saturated heterocycles. The van der Waals surface area contributed by atoms with Crippen LogP contribution in [0.4, 0.5) is 19.4 Å². The number of nitriles is 1. The molecule has 0 spiro atoms. The Morgan fingerprint density at radius 3 is 2.63 bits per heavy atom. The standard InChI is InChI=1S/C36H36F2N7O5S.ClH/c1-5-7-32(46)49-18-27-8-6-15-40-33(27)43(4)35(47)50-24(3)44-21-41-45(22-44)20-36(48,29-16-28(37)13-14-30(29)38)23(2)34-42-31(19-51-34)26-11-9-25(17-39)10-12-26;/h6,8-16,19,21-24,48H,5,7,18,20H2,1-4H3;1H/q+1;/p-1/t23-,24?,36+;/m0./s1. The zero-order chi connectivity index (χ0) is 36.7. The van der Waals surface area contributed by atoms with Crippen LogP contribution in [0.15, 0.2) is 78.8 Å². The van der Waals surface area contributed by atoms with E-state index in [0.29, 0.717) is 28.2 Å². The summed E-state index contributed by atoms with van der Waals surface area (Å²) in [4.78, 5) is 35.2. The molecule has 0 aliphatic carbocycles. The van der Waals surface area contributed by atoms with E-state index in [2.05, 4.69) is 16.2 Å². The van der Waals surface area contributed by atoms with Crippen LogP contribution in [0.1, 0.15) is 67.5 Å². The van der Waals surface area contributed by atoms with Crippen LogP contribution in [0.2, 0.25) is 0 Å². The Kier molecular flexibility index (Phi) is 13.1. The number of esters is 1. The highest BCUT2D eigenvalue weighted by Gasteiger charge is 2.43. The molecule has 0 saturated carbocycles. The zero-order valence-corrected chi connectivity index (χ0v) is 30.3. The fraction of sp³-hybridized carbons (Fsp3) is 0.306. The Bertz CT molecular complexity index is 2050. The van der Waals surface area contributed by atoms with E-state index in [1.165, 1.54) is 51.4 Å². The van der Waals surface area contributed by atoms with Gasteiger partial charge in [0.1, 0.15) is 36.2 Å². The second-order valence-corrected chi connectivity index (χ2v) is 12.8. The molecule has 16 heteroatoms. The van der Waals surface area contributed by atoms with E-state index in [0.717, 1.165) is 23.8 Å². The molecular weight excluding hydrogens is 716 g/mol. The fourth-order valence-corrected chi connectivity index (χ4v) is 6.30. The fourth-order valence-electron chi connectivity index (χ4n) is 5.33. The van der Waals surface area contributed by atoms with Crippen LogP contribution < -0.4 is 21.9 Å². The van der Waals surface area contributed by atoms with Gasteiger partial charge in [-0.15, -0.1) is 16.0 Å². The van der Waals surface area contributed by atoms with Gasteiger partial charge in [-0.05, 0) is 42.8 Å². The predicted octanol–water partition coefficient (Wildman–Crippen LogP) is 3.17. The van der Waals surface area contributed by atoms with Crippen molar-refractivity contribution in [2.45, 2.75) is 64.5 Å². The highest BCUT2D eigenvalue weighted by atomic mass is 35.5. The van der Waals surface area contributed by atoms with Gasteiger partial charge in [-0.2, -0.15) is 9.83 Å². The number of aromatic nitrogens is 5. The van der Waals surface area contributed by atoms with Crippen LogP contribution in [-0.4, -0.2) is 44.0 Å². The number of nitrogens with zero attached hydrogens (tertiary/aromatic N) is 7. The average Bonchev–Trinajstić information content (AvgIpc) is 3.82. The number of carbonyl (C=O) groups is 2. The van der Waals surface area contributed by atoms with E-state index in [4.69, 9.17) is 19.7 Å². The van der Waals surface area contributed by atoms with Crippen LogP contribution in [-0.2, 0) is 33.0 Å². The average molecular weight is 752 g/mol. The van der Waals surface area contributed by atoms with Crippen molar-refractivity contribution >= 4 is 29.2 Å². The van der Waals surface area contributed by atoms with Crippen LogP contribution in [0.5, 0.6) is 0 Å². The van der Waals surface area contributed by atoms with Gasteiger partial charge in [-0.25, -0.2) is 23.5 Å². The lowest BCUT2D eigenvalue weighted by Gasteiger charge is -2.32. The largest absolute Gasteiger partial charge is 1.00 e. The van der Waals surface area contributed by atoms with Gasteiger partial charge in [-0.3, -0.25) is 9.69 Å². The number of hydrogen-bond donors (Lipinski definition) is 1. The monoisotopic (exact) mass is 751 g/mol. The zero-order valence-electron chi connectivity index (χ0n) is 28.7. The molecule has 1 unspecified atom stereocenters. The number of halogens is 3. The maximum absolute atomic E-state index is 15.3. The summed E-state index contributed by atoms with van der Waals surface area (Å²) in [6.07, 6.45) is 3.61. The van der Waals surface area contributed by atoms with E-state index in [1.54, 1.807) is 55.6 Å². The number of anilines is 1. The minimum Gasteiger partial charge on any atom is -1.00 e. The molecule has 0 aliphatic rings. The van der Waals surface area contributed by atoms with Crippen molar-refractivity contribution in [3.8, 4) is 17.3 Å². The van der Waals surface area contributed by atoms with E-state index in [-0.39, 0.29) is 49.3 Å². The molecule has 1 amide bonds. The summed E-state index contributed by atoms with van der Waals surface area (Å²) in [5, 5.41) is 28.0. The van der Waals surface area contributed by atoms with Crippen molar-refractivity contribution < 1.29 is 49.9 Å². The number of rotatable bonds is 13. The SMILES string of the molecule is CCCC(=O)OCc1cccnc1N(C)C(=O)OC(C)[n+]1cnn(C[C@](O)(c2cc(F)ccc2F)[C@@H](C)c2nc(-c3ccc(C#N)cc3)cs2)c1.[Cl-]. The second kappa shape index (κ2) is 17.3. The summed E-state index contributed by atoms with van der Waals surface area (Å²) >= 11 is 1.25. The molecule has 3 aromatic heterocycles. The van der Waals surface area contributed by atoms with Gasteiger partial charge in [0.15, 0.2) is 0 Å². The lowest BCUT2D eigenvalue weighted by atomic mass is 9.82. The maximum Gasteiger partial charge on any atom is 0.418 e. The number of aliphatic hydroxyl groups is 1. The third-order valence-corrected chi connectivity index (χ3v) is 9.34. The Hall–Kier alpha value is -5.30. The van der Waals surface area contributed by atoms with Crippen LogP contribution >= 0.6 is 11.3 Å². The molecule has 5 aromatic rings. The van der Waals surface area contributed by atoms with Gasteiger partial charge in [0, 0.05) is 59.7 Å². The van der Waals surface area contributed by atoms with Crippen molar-refractivity contribution in [1.82, 2.24) is 19.7 Å². The number of amides is 1. The van der Waals surface area contributed by atoms with E-state index in [1.807, 2.05) is 6.92 Å². The minimum atomic E-state index is -2.04. The number of thiazole rings is 1. The molecule has 52 heavy (non-hydrogen) atoms. The molecule has 0 fully saturated rings. The number of carbonyl (C=O) groups excluding carboxylic acids is 2. The smallest absolute Gasteiger partial charge is 0.418 e.